The maximum absolute atomic E-state index is 13.0. The number of carbonyl (C=O) groups excluding carboxylic acids is 3. The van der Waals surface area contributed by atoms with Crippen LogP contribution in [0.1, 0.15) is 20.3 Å². The number of likely N-dealkylation sites (N-methyl/N-ethyl adjacent to an activating group) is 1. The topological polar surface area (TPSA) is 134 Å². The van der Waals surface area contributed by atoms with E-state index in [9.17, 15) is 24.3 Å². The summed E-state index contributed by atoms with van der Waals surface area (Å²) >= 11 is 1.48. The number of amides is 3. The predicted molar refractivity (Wildman–Crippen MR) is 131 cm³/mol. The van der Waals surface area contributed by atoms with Gasteiger partial charge in [0.15, 0.2) is 0 Å². The second-order valence-corrected chi connectivity index (χ2v) is 11.5. The molecule has 6 atom stereocenters. The molecule has 4 N–H and O–H groups in total. The molecule has 0 aliphatic carbocycles. The van der Waals surface area contributed by atoms with Gasteiger partial charge in [-0.1, -0.05) is 6.92 Å². The molecule has 3 saturated heterocycles. The molecule has 0 bridgehead atoms. The van der Waals surface area contributed by atoms with Crippen molar-refractivity contribution in [2.45, 2.75) is 43.6 Å². The van der Waals surface area contributed by atoms with E-state index in [2.05, 4.69) is 16.0 Å². The van der Waals surface area contributed by atoms with Gasteiger partial charge in [-0.05, 0) is 27.4 Å². The van der Waals surface area contributed by atoms with Gasteiger partial charge in [0, 0.05) is 54.8 Å². The van der Waals surface area contributed by atoms with Crippen LogP contribution in [-0.2, 0) is 19.2 Å². The van der Waals surface area contributed by atoms with Gasteiger partial charge >= 0.3 is 5.97 Å². The number of carbonyl (C=O) groups is 4. The quantitative estimate of drug-likeness (QED) is 0.296. The molecule has 0 aromatic heterocycles. The second kappa shape index (κ2) is 10.5. The Labute approximate surface area is 210 Å². The van der Waals surface area contributed by atoms with Gasteiger partial charge in [-0.2, -0.15) is 0 Å². The Bertz CT molecular complexity index is 920. The molecule has 4 aliphatic rings. The monoisotopic (exact) mass is 508 g/mol. The Kier molecular flexibility index (Phi) is 7.74. The number of nitrogens with zero attached hydrogens (tertiary/aromatic N) is 3. The fraction of sp³-hybridized carbons (Fsp3) is 0.739. The van der Waals surface area contributed by atoms with Crippen molar-refractivity contribution in [2.24, 2.45) is 11.8 Å². The number of hydrogen-bond donors (Lipinski definition) is 4. The van der Waals surface area contributed by atoms with E-state index in [-0.39, 0.29) is 53.2 Å². The normalized spacial score (nSPS) is 31.5. The summed E-state index contributed by atoms with van der Waals surface area (Å²) in [6, 6.07) is -0.958. The Morgan fingerprint density at radius 3 is 2.57 bits per heavy atom. The minimum atomic E-state index is -1.11. The molecule has 4 rings (SSSR count). The fourth-order valence-electron chi connectivity index (χ4n) is 5.64. The molecule has 194 valence electrons. The summed E-state index contributed by atoms with van der Waals surface area (Å²) in [4.78, 5) is 56.1. The van der Waals surface area contributed by atoms with Gasteiger partial charge in [0.1, 0.15) is 5.70 Å². The molecule has 4 aliphatic heterocycles. The first-order valence-electron chi connectivity index (χ1n) is 12.2. The van der Waals surface area contributed by atoms with Crippen LogP contribution in [0.3, 0.4) is 0 Å². The zero-order chi connectivity index (χ0) is 25.4. The molecule has 0 aromatic carbocycles. The van der Waals surface area contributed by atoms with Crippen LogP contribution in [0.4, 0.5) is 0 Å². The van der Waals surface area contributed by atoms with Crippen LogP contribution in [0, 0.1) is 11.8 Å². The largest absolute Gasteiger partial charge is 0.477 e. The Hall–Kier alpha value is -2.15. The van der Waals surface area contributed by atoms with Crippen molar-refractivity contribution < 1.29 is 24.3 Å². The summed E-state index contributed by atoms with van der Waals surface area (Å²) in [6.07, 6.45) is 0.621. The molecule has 0 saturated carbocycles. The number of rotatable bonds is 8. The molecule has 0 aromatic rings. The summed E-state index contributed by atoms with van der Waals surface area (Å²) in [6.45, 7) is 7.57. The van der Waals surface area contributed by atoms with Gasteiger partial charge < -0.3 is 35.8 Å². The minimum absolute atomic E-state index is 0.0446. The molecule has 12 heteroatoms. The molecule has 35 heavy (non-hydrogen) atoms. The Balaban J connectivity index is 1.42. The van der Waals surface area contributed by atoms with Crippen molar-refractivity contribution in [1.29, 1.82) is 0 Å². The van der Waals surface area contributed by atoms with Crippen molar-refractivity contribution in [3.8, 4) is 0 Å². The van der Waals surface area contributed by atoms with E-state index in [1.807, 2.05) is 11.8 Å². The van der Waals surface area contributed by atoms with E-state index in [1.165, 1.54) is 16.7 Å². The first-order chi connectivity index (χ1) is 16.6. The average Bonchev–Trinajstić information content (AvgIpc) is 3.35. The number of carboxylic acids is 1. The number of carboxylic acid groups (broad SMARTS) is 1. The summed E-state index contributed by atoms with van der Waals surface area (Å²) in [5.74, 6) is -2.07. The van der Waals surface area contributed by atoms with Crippen molar-refractivity contribution in [1.82, 2.24) is 30.7 Å². The van der Waals surface area contributed by atoms with Gasteiger partial charge in [0.05, 0.1) is 24.5 Å². The van der Waals surface area contributed by atoms with Crippen molar-refractivity contribution in [3.63, 3.8) is 0 Å². The van der Waals surface area contributed by atoms with Gasteiger partial charge in [-0.3, -0.25) is 14.4 Å². The highest BCUT2D eigenvalue weighted by molar-refractivity contribution is 8.03. The Morgan fingerprint density at radius 1 is 1.26 bits per heavy atom. The highest BCUT2D eigenvalue weighted by Gasteiger charge is 2.60. The third-order valence-corrected chi connectivity index (χ3v) is 8.80. The first-order valence-corrected chi connectivity index (χ1v) is 13.1. The third-order valence-electron chi connectivity index (χ3n) is 7.29. The number of β-lactam (4-membered cyclic amide) rings is 1. The van der Waals surface area contributed by atoms with Crippen molar-refractivity contribution in [2.75, 3.05) is 53.4 Å². The van der Waals surface area contributed by atoms with Gasteiger partial charge in [-0.15, -0.1) is 11.8 Å². The van der Waals surface area contributed by atoms with E-state index in [1.54, 1.807) is 25.9 Å². The van der Waals surface area contributed by atoms with Crippen LogP contribution in [0.15, 0.2) is 10.6 Å². The Morgan fingerprint density at radius 2 is 1.94 bits per heavy atom. The minimum Gasteiger partial charge on any atom is -0.477 e. The molecule has 3 amide bonds. The van der Waals surface area contributed by atoms with Crippen LogP contribution in [0.2, 0.25) is 0 Å². The number of fused-ring (bicyclic) bond motifs is 1. The van der Waals surface area contributed by atoms with Crippen LogP contribution in [0.25, 0.3) is 0 Å². The SMILES string of the molecule is C[C@@H](NC(=O)CN(C)C)[C@H]1C(=O)N2C(C(=O)O)=C(S[C@@H]3CN[C@H](C(=O)N4CCNCC4)C3)[C@H](C)[C@@H]12. The molecule has 0 radical (unpaired) electrons. The second-order valence-electron chi connectivity index (χ2n) is 10.1. The van der Waals surface area contributed by atoms with Gasteiger partial charge in [0.2, 0.25) is 17.7 Å². The van der Waals surface area contributed by atoms with Gasteiger partial charge in [-0.25, -0.2) is 4.79 Å². The summed E-state index contributed by atoms with van der Waals surface area (Å²) in [7, 11) is 3.59. The lowest BCUT2D eigenvalue weighted by molar-refractivity contribution is -0.158. The van der Waals surface area contributed by atoms with E-state index in [4.69, 9.17) is 0 Å². The van der Waals surface area contributed by atoms with Crippen LogP contribution in [0.5, 0.6) is 0 Å². The lowest BCUT2D eigenvalue weighted by atomic mass is 9.78. The summed E-state index contributed by atoms with van der Waals surface area (Å²) in [5, 5.41) is 19.5. The highest BCUT2D eigenvalue weighted by atomic mass is 32.2. The molecule has 11 nitrogen and oxygen atoms in total. The van der Waals surface area contributed by atoms with Crippen molar-refractivity contribution in [3.05, 3.63) is 10.6 Å². The highest BCUT2D eigenvalue weighted by Crippen LogP contribution is 2.51. The van der Waals surface area contributed by atoms with E-state index in [0.29, 0.717) is 31.0 Å². The maximum atomic E-state index is 13.0. The number of nitrogens with one attached hydrogen (secondary N) is 3. The average molecular weight is 509 g/mol. The summed E-state index contributed by atoms with van der Waals surface area (Å²) in [5.41, 5.74) is 0.0532. The lowest BCUT2D eigenvalue weighted by Crippen LogP contribution is -2.66. The molecule has 0 unspecified atom stereocenters. The van der Waals surface area contributed by atoms with Crippen molar-refractivity contribution >= 4 is 35.5 Å². The van der Waals surface area contributed by atoms with E-state index < -0.39 is 17.9 Å². The van der Waals surface area contributed by atoms with Crippen LogP contribution in [-0.4, -0.2) is 120 Å². The number of aliphatic carboxylic acids is 1. The number of thioether (sulfide) groups is 1. The van der Waals surface area contributed by atoms with Crippen LogP contribution >= 0.6 is 11.8 Å². The smallest absolute Gasteiger partial charge is 0.353 e. The first kappa shape index (κ1) is 25.9. The van der Waals surface area contributed by atoms with Gasteiger partial charge in [0.25, 0.3) is 0 Å². The predicted octanol–water partition coefficient (Wildman–Crippen LogP) is -1.28. The van der Waals surface area contributed by atoms with Crippen LogP contribution < -0.4 is 16.0 Å². The maximum Gasteiger partial charge on any atom is 0.353 e. The standard InChI is InChI=1S/C23H36N6O5S/c1-12-18-17(13(2)26-16(30)11-27(3)4)22(32)29(18)19(23(33)34)20(12)35-14-9-15(25-10-14)21(31)28-7-5-24-6-8-28/h12-15,17-18,24-25H,5-11H2,1-4H3,(H,26,30)(H,33,34)/t12-,13-,14+,15+,17-,18+/m1/s1. The molecular weight excluding hydrogens is 472 g/mol. The summed E-state index contributed by atoms with van der Waals surface area (Å²) < 4.78 is 0. The number of hydrogen-bond acceptors (Lipinski definition) is 8. The van der Waals surface area contributed by atoms with E-state index >= 15 is 0 Å². The third kappa shape index (κ3) is 5.07. The number of piperazine rings is 1. The fourth-order valence-corrected chi connectivity index (χ4v) is 7.12. The molecule has 3 fully saturated rings. The molecule has 4 heterocycles. The lowest BCUT2D eigenvalue weighted by Gasteiger charge is -2.47. The molecule has 0 spiro atoms. The van der Waals surface area contributed by atoms with E-state index in [0.717, 1.165) is 13.1 Å². The molecular formula is C23H36N6O5S. The zero-order valence-electron chi connectivity index (χ0n) is 20.7. The zero-order valence-corrected chi connectivity index (χ0v) is 21.6.